The smallest absolute Gasteiger partial charge is 0.443 e. The lowest BCUT2D eigenvalue weighted by atomic mass is 10.3. The van der Waals surface area contributed by atoms with Crippen molar-refractivity contribution in [2.45, 2.75) is 5.16 Å². The minimum absolute atomic E-state index is 0.0209. The number of nitrogens with two attached hydrogens (primary N) is 1. The molecule has 0 radical (unpaired) electrons. The van der Waals surface area contributed by atoms with Crippen molar-refractivity contribution in [2.24, 2.45) is 0 Å². The maximum atomic E-state index is 11.4. The predicted molar refractivity (Wildman–Crippen MR) is 75.5 cm³/mol. The number of anilines is 1. The van der Waals surface area contributed by atoms with Crippen molar-refractivity contribution < 1.29 is 25.4 Å². The summed E-state index contributed by atoms with van der Waals surface area (Å²) in [6.07, 6.45) is 3.09. The van der Waals surface area contributed by atoms with Crippen LogP contribution in [-0.2, 0) is 9.53 Å². The summed E-state index contributed by atoms with van der Waals surface area (Å²) in [6, 6.07) is 3.04. The van der Waals surface area contributed by atoms with Crippen LogP contribution in [0, 0.1) is 0 Å². The van der Waals surface area contributed by atoms with E-state index in [9.17, 15) is 9.59 Å². The van der Waals surface area contributed by atoms with Gasteiger partial charge in [-0.05, 0) is 22.1 Å². The summed E-state index contributed by atoms with van der Waals surface area (Å²) in [7, 11) is 1.29. The number of hydrogen-bond donors (Lipinski definition) is 2. The third-order valence-electron chi connectivity index (χ3n) is 2.41. The highest BCUT2D eigenvalue weighted by Crippen LogP contribution is 2.13. The number of rotatable bonds is 6. The summed E-state index contributed by atoms with van der Waals surface area (Å²) in [4.78, 5) is 34.0. The largest absolute Gasteiger partial charge is 0.481 e. The molecule has 0 aliphatic rings. The van der Waals surface area contributed by atoms with Crippen molar-refractivity contribution >= 4 is 29.6 Å². The second-order valence-corrected chi connectivity index (χ2v) is 4.85. The van der Waals surface area contributed by atoms with E-state index in [0.717, 1.165) is 11.8 Å². The SMILES string of the molecule is [2H]Nc1nc(SCC(=O)O)nc(-[n+]2ccc(C(=O)OC)cc2)n1. The summed E-state index contributed by atoms with van der Waals surface area (Å²) in [6.45, 7) is 0. The van der Waals surface area contributed by atoms with Crippen LogP contribution in [0.4, 0.5) is 5.95 Å². The molecule has 0 fully saturated rings. The lowest BCUT2D eigenvalue weighted by Crippen LogP contribution is -2.33. The molecule has 0 amide bonds. The molecule has 0 unspecified atom stereocenters. The topological polar surface area (TPSA) is 132 Å². The number of carboxylic acid groups (broad SMARTS) is 1. The summed E-state index contributed by atoms with van der Waals surface area (Å²) >= 11 is 0.906. The number of esters is 1. The number of carbonyl (C=O) groups excluding carboxylic acids is 1. The number of ether oxygens (including phenoxy) is 1. The Balaban J connectivity index is 2.32. The van der Waals surface area contributed by atoms with Crippen LogP contribution < -0.4 is 10.3 Å². The maximum absolute atomic E-state index is 11.4. The summed E-state index contributed by atoms with van der Waals surface area (Å²) in [5.41, 5.74) is 2.40. The zero-order chi connectivity index (χ0) is 16.8. The van der Waals surface area contributed by atoms with Gasteiger partial charge in [0.25, 0.3) is 5.16 Å². The Bertz CT molecular complexity index is 728. The fourth-order valence-electron chi connectivity index (χ4n) is 1.47. The Labute approximate surface area is 130 Å². The molecule has 114 valence electrons. The monoisotopic (exact) mass is 323 g/mol. The molecule has 3 N–H and O–H groups in total. The molecule has 2 rings (SSSR count). The van der Waals surface area contributed by atoms with Gasteiger partial charge in [0.1, 0.15) is 5.75 Å². The lowest BCUT2D eigenvalue weighted by molar-refractivity contribution is -0.604. The Morgan fingerprint density at radius 1 is 1.41 bits per heavy atom. The first-order valence-corrected chi connectivity index (χ1v) is 6.90. The number of nitrogens with zero attached hydrogens (tertiary/aromatic N) is 4. The van der Waals surface area contributed by atoms with Crippen LogP contribution in [0.5, 0.6) is 0 Å². The third-order valence-corrected chi connectivity index (χ3v) is 3.24. The highest BCUT2D eigenvalue weighted by atomic mass is 32.2. The molecule has 0 saturated carbocycles. The molecular weight excluding hydrogens is 310 g/mol. The second-order valence-electron chi connectivity index (χ2n) is 3.91. The lowest BCUT2D eigenvalue weighted by Gasteiger charge is -2.00. The summed E-state index contributed by atoms with van der Waals surface area (Å²) in [5, 5.41) is 8.86. The van der Waals surface area contributed by atoms with Gasteiger partial charge >= 0.3 is 23.8 Å². The average molecular weight is 323 g/mol. The van der Waals surface area contributed by atoms with Crippen molar-refractivity contribution in [3.8, 4) is 5.95 Å². The molecule has 0 atom stereocenters. The van der Waals surface area contributed by atoms with E-state index in [-0.39, 0.29) is 22.8 Å². The van der Waals surface area contributed by atoms with Crippen LogP contribution in [0.1, 0.15) is 10.4 Å². The zero-order valence-corrected chi connectivity index (χ0v) is 12.2. The Kier molecular flexibility index (Phi) is 4.39. The first-order chi connectivity index (χ1) is 11.0. The summed E-state index contributed by atoms with van der Waals surface area (Å²) in [5.74, 6) is -1.54. The fraction of sp³-hybridized carbons (Fsp3) is 0.167. The molecule has 0 aliphatic carbocycles. The van der Waals surface area contributed by atoms with Crippen molar-refractivity contribution in [2.75, 3.05) is 18.6 Å². The quantitative estimate of drug-likeness (QED) is 0.417. The minimum Gasteiger partial charge on any atom is -0.481 e. The molecular formula is C12H12N5O4S+. The normalized spacial score (nSPS) is 10.7. The highest BCUT2D eigenvalue weighted by Gasteiger charge is 2.18. The van der Waals surface area contributed by atoms with E-state index in [1.165, 1.54) is 23.8 Å². The standard InChI is InChI=1S/C12H11N5O4S/c1-21-9(20)7-2-4-17(5-3-7)11-14-10(13)15-12(16-11)22-6-8(18)19/h2-5H,6H2,1H3,(H2-,13,14,15,16,18,19)/p+1/i/hD. The van der Waals surface area contributed by atoms with E-state index in [2.05, 4.69) is 19.7 Å². The van der Waals surface area contributed by atoms with E-state index in [1.54, 1.807) is 12.4 Å². The molecule has 2 heterocycles. The predicted octanol–water partition coefficient (Wildman–Crippen LogP) is -0.306. The molecule has 2 aromatic heterocycles. The molecule has 0 spiro atoms. The fourth-order valence-corrected chi connectivity index (χ4v) is 2.02. The second kappa shape index (κ2) is 6.80. The molecule has 2 aromatic rings. The maximum Gasteiger partial charge on any atom is 0.443 e. The molecule has 0 saturated heterocycles. The first kappa shape index (κ1) is 14.2. The van der Waals surface area contributed by atoms with Crippen LogP contribution in [0.3, 0.4) is 0 Å². The number of carboxylic acids is 1. The van der Waals surface area contributed by atoms with Crippen LogP contribution in [0.2, 0.25) is 1.41 Å². The minimum atomic E-state index is -1.01. The van der Waals surface area contributed by atoms with Crippen molar-refractivity contribution in [1.29, 1.82) is 0 Å². The van der Waals surface area contributed by atoms with E-state index in [4.69, 9.17) is 6.52 Å². The molecule has 9 nitrogen and oxygen atoms in total. The number of hydrogen-bond acceptors (Lipinski definition) is 8. The molecule has 10 heteroatoms. The average Bonchev–Trinajstić information content (AvgIpc) is 2.59. The Hall–Kier alpha value is -2.75. The van der Waals surface area contributed by atoms with Crippen molar-refractivity contribution in [1.82, 2.24) is 15.0 Å². The van der Waals surface area contributed by atoms with Gasteiger partial charge in [0.05, 0.1) is 25.1 Å². The van der Waals surface area contributed by atoms with Crippen molar-refractivity contribution in [3.63, 3.8) is 0 Å². The highest BCUT2D eigenvalue weighted by molar-refractivity contribution is 7.99. The van der Waals surface area contributed by atoms with Gasteiger partial charge < -0.3 is 15.6 Å². The van der Waals surface area contributed by atoms with Gasteiger partial charge in [0.15, 0.2) is 1.41 Å². The van der Waals surface area contributed by atoms with Gasteiger partial charge in [-0.25, -0.2) is 9.36 Å². The van der Waals surface area contributed by atoms with E-state index < -0.39 is 11.9 Å². The van der Waals surface area contributed by atoms with Gasteiger partial charge in [-0.3, -0.25) is 4.79 Å². The molecule has 0 bridgehead atoms. The number of nitrogen functional groups attached to an aromatic ring is 1. The van der Waals surface area contributed by atoms with Gasteiger partial charge in [-0.1, -0.05) is 11.8 Å². The molecule has 22 heavy (non-hydrogen) atoms. The van der Waals surface area contributed by atoms with Crippen LogP contribution in [-0.4, -0.2) is 44.9 Å². The van der Waals surface area contributed by atoms with E-state index in [0.29, 0.717) is 5.56 Å². The molecule has 0 aromatic carbocycles. The number of thioether (sulfide) groups is 1. The number of methoxy groups -OCH3 is 1. The number of pyridine rings is 1. The zero-order valence-electron chi connectivity index (χ0n) is 12.4. The Morgan fingerprint density at radius 2 is 2.14 bits per heavy atom. The first-order valence-electron chi connectivity index (χ1n) is 6.42. The van der Waals surface area contributed by atoms with Crippen LogP contribution in [0.15, 0.2) is 29.7 Å². The third kappa shape index (κ3) is 3.88. The van der Waals surface area contributed by atoms with Gasteiger partial charge in [-0.15, -0.1) is 0 Å². The number of aliphatic carboxylic acids is 1. The van der Waals surface area contributed by atoms with Gasteiger partial charge in [-0.2, -0.15) is 4.98 Å². The van der Waals surface area contributed by atoms with E-state index >= 15 is 0 Å². The van der Waals surface area contributed by atoms with Gasteiger partial charge in [0, 0.05) is 0 Å². The number of carbonyl (C=O) groups is 2. The van der Waals surface area contributed by atoms with Crippen molar-refractivity contribution in [3.05, 3.63) is 30.1 Å². The van der Waals surface area contributed by atoms with E-state index in [1.807, 2.05) is 5.73 Å². The van der Waals surface area contributed by atoms with Crippen LogP contribution in [0.25, 0.3) is 5.95 Å². The van der Waals surface area contributed by atoms with Gasteiger partial charge in [0.2, 0.25) is 0 Å². The Morgan fingerprint density at radius 3 is 2.73 bits per heavy atom. The molecule has 0 aliphatic heterocycles. The van der Waals surface area contributed by atoms with Crippen LogP contribution >= 0.6 is 11.8 Å². The number of aromatic nitrogens is 4. The summed E-state index contributed by atoms with van der Waals surface area (Å²) < 4.78 is 13.2.